The fourth-order valence-electron chi connectivity index (χ4n) is 1.99. The first-order valence-corrected chi connectivity index (χ1v) is 7.51. The minimum Gasteiger partial charge on any atom is -0.486 e. The van der Waals surface area contributed by atoms with Crippen LogP contribution in [-0.2, 0) is 6.42 Å². The van der Waals surface area contributed by atoms with E-state index < -0.39 is 0 Å². The summed E-state index contributed by atoms with van der Waals surface area (Å²) in [5.74, 6) is 1.29. The van der Waals surface area contributed by atoms with E-state index in [4.69, 9.17) is 9.47 Å². The van der Waals surface area contributed by atoms with E-state index in [1.54, 1.807) is 17.4 Å². The Balaban J connectivity index is 1.87. The van der Waals surface area contributed by atoms with E-state index in [2.05, 4.69) is 15.9 Å². The number of Topliss-reactive ketones (excluding diaryl/α,β-unsaturated/α-hetero) is 1. The molecule has 3 nitrogen and oxygen atoms in total. The fourth-order valence-corrected chi connectivity index (χ4v) is 3.48. The van der Waals surface area contributed by atoms with Gasteiger partial charge in [-0.3, -0.25) is 4.79 Å². The topological polar surface area (TPSA) is 35.5 Å². The van der Waals surface area contributed by atoms with Gasteiger partial charge in [0.25, 0.3) is 0 Å². The molecule has 0 spiro atoms. The molecule has 98 valence electrons. The molecule has 1 aliphatic heterocycles. The van der Waals surface area contributed by atoms with E-state index in [1.807, 2.05) is 24.3 Å². The molecular formula is C14H11BrO3S. The third-order valence-corrected chi connectivity index (χ3v) is 4.45. The van der Waals surface area contributed by atoms with Gasteiger partial charge in [0.2, 0.25) is 0 Å². The summed E-state index contributed by atoms with van der Waals surface area (Å²) in [5.41, 5.74) is 0.599. The van der Waals surface area contributed by atoms with Crippen molar-refractivity contribution in [3.63, 3.8) is 0 Å². The Bertz CT molecular complexity index is 621. The number of rotatable bonds is 3. The summed E-state index contributed by atoms with van der Waals surface area (Å²) in [6.07, 6.45) is 0.385. The summed E-state index contributed by atoms with van der Waals surface area (Å²) in [7, 11) is 0. The molecule has 0 saturated carbocycles. The molecule has 0 unspecified atom stereocenters. The predicted octanol–water partition coefficient (Wildman–Crippen LogP) is 3.71. The Morgan fingerprint density at radius 3 is 2.84 bits per heavy atom. The molecule has 0 N–H and O–H groups in total. The van der Waals surface area contributed by atoms with Crippen LogP contribution in [0.4, 0.5) is 0 Å². The Morgan fingerprint density at radius 1 is 1.21 bits per heavy atom. The SMILES string of the molecule is O=C(Cc1ccc(Br)s1)c1cccc2c1OCCO2. The number of ketones is 1. The van der Waals surface area contributed by atoms with Crippen LogP contribution >= 0.6 is 27.3 Å². The van der Waals surface area contributed by atoms with Gasteiger partial charge in [-0.05, 0) is 40.2 Å². The standard InChI is InChI=1S/C14H11BrO3S/c15-13-5-4-9(19-13)8-11(16)10-2-1-3-12-14(10)18-7-6-17-12/h1-5H,6-8H2. The van der Waals surface area contributed by atoms with Gasteiger partial charge in [0.1, 0.15) is 13.2 Å². The zero-order valence-electron chi connectivity index (χ0n) is 10.0. The summed E-state index contributed by atoms with van der Waals surface area (Å²) >= 11 is 4.97. The van der Waals surface area contributed by atoms with E-state index in [-0.39, 0.29) is 5.78 Å². The van der Waals surface area contributed by atoms with Crippen molar-refractivity contribution in [1.82, 2.24) is 0 Å². The van der Waals surface area contributed by atoms with Gasteiger partial charge >= 0.3 is 0 Å². The third kappa shape index (κ3) is 2.67. The largest absolute Gasteiger partial charge is 0.486 e. The lowest BCUT2D eigenvalue weighted by molar-refractivity contribution is 0.0982. The van der Waals surface area contributed by atoms with Crippen molar-refractivity contribution < 1.29 is 14.3 Å². The summed E-state index contributed by atoms with van der Waals surface area (Å²) in [6, 6.07) is 9.35. The summed E-state index contributed by atoms with van der Waals surface area (Å²) in [5, 5.41) is 0. The van der Waals surface area contributed by atoms with E-state index in [1.165, 1.54) is 0 Å². The van der Waals surface area contributed by atoms with Crippen LogP contribution in [0.2, 0.25) is 0 Å². The first kappa shape index (κ1) is 12.7. The van der Waals surface area contributed by atoms with E-state index >= 15 is 0 Å². The molecule has 0 radical (unpaired) electrons. The number of halogens is 1. The van der Waals surface area contributed by atoms with Crippen molar-refractivity contribution in [2.45, 2.75) is 6.42 Å². The molecule has 1 aromatic carbocycles. The summed E-state index contributed by atoms with van der Waals surface area (Å²) in [6.45, 7) is 1.02. The van der Waals surface area contributed by atoms with Gasteiger partial charge in [0.15, 0.2) is 17.3 Å². The number of carbonyl (C=O) groups is 1. The predicted molar refractivity (Wildman–Crippen MR) is 77.5 cm³/mol. The van der Waals surface area contributed by atoms with Crippen LogP contribution in [-0.4, -0.2) is 19.0 Å². The molecule has 1 aromatic heterocycles. The van der Waals surface area contributed by atoms with Crippen molar-refractivity contribution >= 4 is 33.0 Å². The van der Waals surface area contributed by atoms with Crippen LogP contribution in [0.1, 0.15) is 15.2 Å². The maximum Gasteiger partial charge on any atom is 0.172 e. The maximum absolute atomic E-state index is 12.4. The molecule has 2 aromatic rings. The highest BCUT2D eigenvalue weighted by atomic mass is 79.9. The lowest BCUT2D eigenvalue weighted by Crippen LogP contribution is -2.18. The number of benzene rings is 1. The Hall–Kier alpha value is -1.33. The number of fused-ring (bicyclic) bond motifs is 1. The second kappa shape index (κ2) is 5.35. The van der Waals surface area contributed by atoms with Crippen LogP contribution in [0.25, 0.3) is 0 Å². The van der Waals surface area contributed by atoms with Crippen LogP contribution in [0, 0.1) is 0 Å². The third-order valence-electron chi connectivity index (χ3n) is 2.83. The molecule has 2 heterocycles. The van der Waals surface area contributed by atoms with Crippen LogP contribution in [0.3, 0.4) is 0 Å². The molecule has 3 rings (SSSR count). The van der Waals surface area contributed by atoms with Crippen LogP contribution < -0.4 is 9.47 Å². The zero-order valence-corrected chi connectivity index (χ0v) is 12.4. The summed E-state index contributed by atoms with van der Waals surface area (Å²) < 4.78 is 12.1. The number of hydrogen-bond acceptors (Lipinski definition) is 4. The fraction of sp³-hybridized carbons (Fsp3) is 0.214. The molecule has 19 heavy (non-hydrogen) atoms. The number of hydrogen-bond donors (Lipinski definition) is 0. The highest BCUT2D eigenvalue weighted by molar-refractivity contribution is 9.11. The molecule has 1 aliphatic rings. The molecule has 0 bridgehead atoms. The van der Waals surface area contributed by atoms with Gasteiger partial charge in [-0.15, -0.1) is 11.3 Å². The van der Waals surface area contributed by atoms with Gasteiger partial charge in [-0.2, -0.15) is 0 Å². The molecule has 5 heteroatoms. The lowest BCUT2D eigenvalue weighted by Gasteiger charge is -2.20. The first-order chi connectivity index (χ1) is 9.24. The van der Waals surface area contributed by atoms with Crippen molar-refractivity contribution in [1.29, 1.82) is 0 Å². The normalized spacial score (nSPS) is 13.3. The van der Waals surface area contributed by atoms with Crippen LogP contribution in [0.5, 0.6) is 11.5 Å². The summed E-state index contributed by atoms with van der Waals surface area (Å²) in [4.78, 5) is 13.4. The van der Waals surface area contributed by atoms with Gasteiger partial charge in [-0.25, -0.2) is 0 Å². The first-order valence-electron chi connectivity index (χ1n) is 5.90. The minimum atomic E-state index is 0.0525. The van der Waals surface area contributed by atoms with E-state index in [0.29, 0.717) is 36.7 Å². The molecule has 0 saturated heterocycles. The second-order valence-corrected chi connectivity index (χ2v) is 6.68. The lowest BCUT2D eigenvalue weighted by atomic mass is 10.1. The van der Waals surface area contributed by atoms with Gasteiger partial charge in [0, 0.05) is 11.3 Å². The van der Waals surface area contributed by atoms with Gasteiger partial charge in [-0.1, -0.05) is 6.07 Å². The van der Waals surface area contributed by atoms with Crippen molar-refractivity contribution in [3.05, 3.63) is 44.6 Å². The number of para-hydroxylation sites is 1. The Morgan fingerprint density at radius 2 is 2.05 bits per heavy atom. The monoisotopic (exact) mass is 338 g/mol. The molecule has 0 aliphatic carbocycles. The molecular weight excluding hydrogens is 328 g/mol. The van der Waals surface area contributed by atoms with E-state index in [0.717, 1.165) is 8.66 Å². The highest BCUT2D eigenvalue weighted by Gasteiger charge is 2.20. The molecule has 0 amide bonds. The molecule has 0 fully saturated rings. The average molecular weight is 339 g/mol. The van der Waals surface area contributed by atoms with Crippen LogP contribution in [0.15, 0.2) is 34.1 Å². The van der Waals surface area contributed by atoms with Crippen molar-refractivity contribution in [2.75, 3.05) is 13.2 Å². The van der Waals surface area contributed by atoms with Crippen molar-refractivity contribution in [2.24, 2.45) is 0 Å². The highest BCUT2D eigenvalue weighted by Crippen LogP contribution is 2.34. The van der Waals surface area contributed by atoms with Crippen molar-refractivity contribution in [3.8, 4) is 11.5 Å². The second-order valence-electron chi connectivity index (χ2n) is 4.14. The number of ether oxygens (including phenoxy) is 2. The zero-order chi connectivity index (χ0) is 13.2. The van der Waals surface area contributed by atoms with Gasteiger partial charge < -0.3 is 9.47 Å². The molecule has 0 atom stereocenters. The smallest absolute Gasteiger partial charge is 0.172 e. The van der Waals surface area contributed by atoms with Gasteiger partial charge in [0.05, 0.1) is 9.35 Å². The number of carbonyl (C=O) groups excluding carboxylic acids is 1. The Labute approximate surface area is 123 Å². The average Bonchev–Trinajstić information content (AvgIpc) is 2.83. The maximum atomic E-state index is 12.4. The number of thiophene rings is 1. The Kier molecular flexibility index (Phi) is 3.57. The quantitative estimate of drug-likeness (QED) is 0.800. The minimum absolute atomic E-state index is 0.0525. The van der Waals surface area contributed by atoms with E-state index in [9.17, 15) is 4.79 Å².